The number of para-hydroxylation sites is 1. The van der Waals surface area contributed by atoms with Gasteiger partial charge in [0.05, 0.1) is 39.6 Å². The molecule has 2 heterocycles. The maximum Gasteiger partial charge on any atom is 0.241 e. The Hall–Kier alpha value is -3.57. The van der Waals surface area contributed by atoms with Gasteiger partial charge < -0.3 is 5.11 Å². The molecule has 3 aromatic rings. The Bertz CT molecular complexity index is 1830. The summed E-state index contributed by atoms with van der Waals surface area (Å²) < 4.78 is 15.0. The van der Waals surface area contributed by atoms with Gasteiger partial charge in [0.1, 0.15) is 11.6 Å². The number of carbonyl (C=O) groups excluding carboxylic acids is 4. The maximum atomic E-state index is 14.5. The Morgan fingerprint density at radius 1 is 0.932 bits per heavy atom. The van der Waals surface area contributed by atoms with Crippen LogP contribution in [0.15, 0.2) is 72.3 Å². The van der Waals surface area contributed by atoms with Crippen LogP contribution in [0.25, 0.3) is 0 Å². The summed E-state index contributed by atoms with van der Waals surface area (Å²) in [5.41, 5.74) is 1.18. The summed E-state index contributed by atoms with van der Waals surface area (Å²) in [5.74, 6) is -5.72. The quantitative estimate of drug-likeness (QED) is 0.188. The highest BCUT2D eigenvalue weighted by molar-refractivity contribution is 14.1. The number of benzene rings is 3. The normalized spacial score (nSPS) is 29.5. The molecule has 2 saturated heterocycles. The van der Waals surface area contributed by atoms with E-state index in [1.807, 2.05) is 18.2 Å². The van der Waals surface area contributed by atoms with Crippen LogP contribution in [0.4, 0.5) is 15.8 Å². The number of phenolic OH excluding ortho intramolecular Hbond substituents is 1. The smallest absolute Gasteiger partial charge is 0.241 e. The second-order valence-electron chi connectivity index (χ2n) is 12.3. The molecule has 0 aromatic heterocycles. The van der Waals surface area contributed by atoms with Gasteiger partial charge in [-0.15, -0.1) is 0 Å². The minimum atomic E-state index is -1.33. The first-order valence-electron chi connectivity index (χ1n) is 14.4. The second kappa shape index (κ2) is 10.2. The number of hydrogen-bond acceptors (Lipinski definition) is 5. The number of phenols is 1. The molecule has 2 aliphatic heterocycles. The molecule has 0 radical (unpaired) electrons. The van der Waals surface area contributed by atoms with Gasteiger partial charge in [0.15, 0.2) is 0 Å². The highest BCUT2D eigenvalue weighted by Gasteiger charge is 2.68. The molecule has 4 amide bonds. The first-order chi connectivity index (χ1) is 20.9. The van der Waals surface area contributed by atoms with Gasteiger partial charge in [0, 0.05) is 15.1 Å². The summed E-state index contributed by atoms with van der Waals surface area (Å²) in [6.45, 7) is 3.49. The zero-order valence-electron chi connectivity index (χ0n) is 23.8. The van der Waals surface area contributed by atoms with E-state index in [4.69, 9.17) is 11.6 Å². The lowest BCUT2D eigenvalue weighted by molar-refractivity contribution is -0.131. The van der Waals surface area contributed by atoms with Gasteiger partial charge in [0.25, 0.3) is 0 Å². The van der Waals surface area contributed by atoms with Crippen molar-refractivity contribution >= 4 is 69.2 Å². The molecule has 4 aliphatic rings. The number of imide groups is 2. The predicted octanol–water partition coefficient (Wildman–Crippen LogP) is 6.53. The van der Waals surface area contributed by atoms with Crippen LogP contribution in [0, 0.1) is 45.4 Å². The van der Waals surface area contributed by atoms with Gasteiger partial charge in [-0.05, 0) is 103 Å². The van der Waals surface area contributed by atoms with Crippen LogP contribution in [0.2, 0.25) is 5.02 Å². The second-order valence-corrected chi connectivity index (χ2v) is 13.9. The number of rotatable bonds is 3. The van der Waals surface area contributed by atoms with E-state index < -0.39 is 52.6 Å². The van der Waals surface area contributed by atoms with Gasteiger partial charge in [-0.25, -0.2) is 9.29 Å². The number of amides is 4. The molecule has 6 unspecified atom stereocenters. The summed E-state index contributed by atoms with van der Waals surface area (Å²) >= 11 is 8.22. The third kappa shape index (κ3) is 3.97. The fraction of sp³-hybridized carbons (Fsp3) is 0.294. The fourth-order valence-electron chi connectivity index (χ4n) is 7.99. The molecule has 3 fully saturated rings. The van der Waals surface area contributed by atoms with Crippen molar-refractivity contribution in [1.82, 2.24) is 0 Å². The SMILES string of the molecule is Cc1cccc(C2C3=CCC4C(=O)N(c5ccc(I)cc5)C(=O)C4C3CC3C(=O)N(c4ccc(F)c(Cl)c4)C(=O)C32C)c1O. The first-order valence-corrected chi connectivity index (χ1v) is 15.9. The Labute approximate surface area is 271 Å². The van der Waals surface area contributed by atoms with Crippen molar-refractivity contribution in [3.8, 4) is 5.75 Å². The maximum absolute atomic E-state index is 14.5. The van der Waals surface area contributed by atoms with Gasteiger partial charge >= 0.3 is 0 Å². The van der Waals surface area contributed by atoms with Crippen molar-refractivity contribution < 1.29 is 28.7 Å². The monoisotopic (exact) mass is 724 g/mol. The molecule has 3 aromatic carbocycles. The number of hydrogen-bond donors (Lipinski definition) is 1. The molecule has 6 atom stereocenters. The van der Waals surface area contributed by atoms with Crippen LogP contribution in [0.5, 0.6) is 5.75 Å². The van der Waals surface area contributed by atoms with Crippen molar-refractivity contribution in [3.05, 3.63) is 97.8 Å². The van der Waals surface area contributed by atoms with E-state index in [2.05, 4.69) is 22.6 Å². The average molecular weight is 725 g/mol. The summed E-state index contributed by atoms with van der Waals surface area (Å²) in [7, 11) is 0. The van der Waals surface area contributed by atoms with Gasteiger partial charge in [-0.1, -0.05) is 41.4 Å². The molecular weight excluding hydrogens is 698 g/mol. The van der Waals surface area contributed by atoms with E-state index in [-0.39, 0.29) is 34.7 Å². The first kappa shape index (κ1) is 29.2. The molecule has 2 aliphatic carbocycles. The number of anilines is 2. The summed E-state index contributed by atoms with van der Waals surface area (Å²) in [6.07, 6.45) is 2.41. The molecule has 224 valence electrons. The zero-order valence-corrected chi connectivity index (χ0v) is 26.7. The van der Waals surface area contributed by atoms with Crippen LogP contribution in [-0.4, -0.2) is 28.7 Å². The third-order valence-electron chi connectivity index (χ3n) is 10.1. The largest absolute Gasteiger partial charge is 0.507 e. The molecule has 10 heteroatoms. The number of aromatic hydroxyl groups is 1. The summed E-state index contributed by atoms with van der Waals surface area (Å²) in [5, 5.41) is 11.1. The molecule has 7 rings (SSSR count). The molecule has 0 spiro atoms. The fourth-order valence-corrected chi connectivity index (χ4v) is 8.52. The van der Waals surface area contributed by atoms with E-state index in [9.17, 15) is 28.7 Å². The number of carbonyl (C=O) groups is 4. The van der Waals surface area contributed by atoms with Crippen molar-refractivity contribution in [1.29, 1.82) is 0 Å². The Morgan fingerprint density at radius 2 is 1.64 bits per heavy atom. The highest BCUT2D eigenvalue weighted by Crippen LogP contribution is 2.64. The number of fused-ring (bicyclic) bond motifs is 4. The molecule has 7 nitrogen and oxygen atoms in total. The van der Waals surface area contributed by atoms with Crippen molar-refractivity contribution in [3.63, 3.8) is 0 Å². The average Bonchev–Trinajstić information content (AvgIpc) is 3.36. The number of aryl methyl sites for hydroxylation is 1. The van der Waals surface area contributed by atoms with Crippen LogP contribution in [0.1, 0.15) is 36.8 Å². The third-order valence-corrected chi connectivity index (χ3v) is 11.1. The van der Waals surface area contributed by atoms with E-state index in [0.29, 0.717) is 23.2 Å². The predicted molar refractivity (Wildman–Crippen MR) is 171 cm³/mol. The van der Waals surface area contributed by atoms with Crippen LogP contribution < -0.4 is 9.80 Å². The minimum Gasteiger partial charge on any atom is -0.507 e. The molecule has 0 bridgehead atoms. The van der Waals surface area contributed by atoms with E-state index >= 15 is 0 Å². The number of halogens is 3. The Kier molecular flexibility index (Phi) is 6.78. The molecule has 1 N–H and O–H groups in total. The van der Waals surface area contributed by atoms with Crippen molar-refractivity contribution in [2.75, 3.05) is 9.80 Å². The Balaban J connectivity index is 1.38. The standard InChI is InChI=1S/C34H27ClFIN2O5/c1-16-4-3-5-22(29(16)40)28-20-11-12-21-27(32(43)38(30(21)41)18-8-6-17(37)7-9-18)23(20)15-24-31(42)39(33(44)34(24,28)2)19-10-13-26(36)25(35)14-19/h3-11,13-14,21,23-24,27-28,40H,12,15H2,1-2H3. The highest BCUT2D eigenvalue weighted by atomic mass is 127. The lowest BCUT2D eigenvalue weighted by Crippen LogP contribution is -2.49. The summed E-state index contributed by atoms with van der Waals surface area (Å²) in [4.78, 5) is 58.9. The van der Waals surface area contributed by atoms with Crippen LogP contribution in [0.3, 0.4) is 0 Å². The van der Waals surface area contributed by atoms with Crippen LogP contribution in [-0.2, 0) is 19.2 Å². The van der Waals surface area contributed by atoms with E-state index in [1.54, 1.807) is 44.2 Å². The van der Waals surface area contributed by atoms with Gasteiger partial charge in [-0.3, -0.25) is 24.1 Å². The summed E-state index contributed by atoms with van der Waals surface area (Å²) in [6, 6.07) is 16.2. The molecular formula is C34H27ClFIN2O5. The number of nitrogens with zero attached hydrogens (tertiary/aromatic N) is 2. The van der Waals surface area contributed by atoms with E-state index in [0.717, 1.165) is 20.1 Å². The van der Waals surface area contributed by atoms with Crippen molar-refractivity contribution in [2.24, 2.45) is 29.1 Å². The van der Waals surface area contributed by atoms with Gasteiger partial charge in [-0.2, -0.15) is 0 Å². The van der Waals surface area contributed by atoms with Crippen LogP contribution >= 0.6 is 34.2 Å². The van der Waals surface area contributed by atoms with E-state index in [1.165, 1.54) is 17.0 Å². The topological polar surface area (TPSA) is 95.0 Å². The zero-order chi connectivity index (χ0) is 31.2. The lowest BCUT2D eigenvalue weighted by atomic mass is 9.51. The number of allylic oxidation sites excluding steroid dienone is 2. The molecule has 1 saturated carbocycles. The minimum absolute atomic E-state index is 0.0130. The molecule has 44 heavy (non-hydrogen) atoms. The Morgan fingerprint density at radius 3 is 2.34 bits per heavy atom. The van der Waals surface area contributed by atoms with Gasteiger partial charge in [0.2, 0.25) is 23.6 Å². The lowest BCUT2D eigenvalue weighted by Gasteiger charge is -2.49. The van der Waals surface area contributed by atoms with Crippen molar-refractivity contribution in [2.45, 2.75) is 32.6 Å².